The third-order valence-electron chi connectivity index (χ3n) is 11.3. The zero-order valence-electron chi connectivity index (χ0n) is 25.8. The van der Waals surface area contributed by atoms with Gasteiger partial charge in [0.25, 0.3) is 16.1 Å². The molecular weight excluding hydrogens is 590 g/mol. The number of methoxy groups -OCH3 is 1. The number of ether oxygens (including phenoxy) is 1. The number of hydrogen-bond donors (Lipinski definition) is 2. The Labute approximate surface area is 264 Å². The number of nitrogens with one attached hydrogen (secondary N) is 1. The van der Waals surface area contributed by atoms with Gasteiger partial charge in [-0.3, -0.25) is 14.5 Å². The van der Waals surface area contributed by atoms with Crippen molar-refractivity contribution in [3.63, 3.8) is 0 Å². The second-order valence-electron chi connectivity index (χ2n) is 13.8. The molecule has 2 saturated carbocycles. The lowest BCUT2D eigenvalue weighted by molar-refractivity contribution is -0.140. The first-order chi connectivity index (χ1) is 21.7. The molecule has 10 nitrogen and oxygen atoms in total. The zero-order chi connectivity index (χ0) is 31.1. The Morgan fingerprint density at radius 2 is 1.82 bits per heavy atom. The Morgan fingerprint density at radius 3 is 2.60 bits per heavy atom. The molecule has 1 aromatic heterocycles. The molecule has 238 valence electrons. The molecule has 2 saturated heterocycles. The van der Waals surface area contributed by atoms with Crippen LogP contribution in [0, 0.1) is 5.41 Å². The van der Waals surface area contributed by atoms with Gasteiger partial charge in [-0.2, -0.15) is 8.42 Å². The molecular formula is C34H41N5O5S. The summed E-state index contributed by atoms with van der Waals surface area (Å²) in [7, 11) is -2.54. The zero-order valence-corrected chi connectivity index (χ0v) is 26.6. The Kier molecular flexibility index (Phi) is 6.82. The summed E-state index contributed by atoms with van der Waals surface area (Å²) in [5.74, 6) is 0.669. The summed E-state index contributed by atoms with van der Waals surface area (Å²) in [6, 6.07) is 12.2. The highest BCUT2D eigenvalue weighted by atomic mass is 32.2. The Bertz CT molecular complexity index is 1830. The summed E-state index contributed by atoms with van der Waals surface area (Å²) in [5, 5.41) is 6.22. The average Bonchev–Trinajstić information content (AvgIpc) is 3.45. The third kappa shape index (κ3) is 4.77. The number of hydrogen-bond acceptors (Lipinski definition) is 6. The van der Waals surface area contributed by atoms with Crippen LogP contribution < -0.4 is 14.6 Å². The van der Waals surface area contributed by atoms with Crippen molar-refractivity contribution >= 4 is 32.9 Å². The first-order valence-corrected chi connectivity index (χ1v) is 17.9. The lowest BCUT2D eigenvalue weighted by atomic mass is 9.81. The molecule has 2 amide bonds. The Morgan fingerprint density at radius 1 is 1.00 bits per heavy atom. The van der Waals surface area contributed by atoms with Gasteiger partial charge < -0.3 is 14.2 Å². The van der Waals surface area contributed by atoms with Crippen molar-refractivity contribution in [1.82, 2.24) is 19.1 Å². The van der Waals surface area contributed by atoms with Crippen LogP contribution in [0.15, 0.2) is 36.4 Å². The minimum Gasteiger partial charge on any atom is -0.497 e. The number of fused-ring (bicyclic) bond motifs is 8. The van der Waals surface area contributed by atoms with Crippen LogP contribution in [0.4, 0.5) is 0 Å². The predicted octanol–water partition coefficient (Wildman–Crippen LogP) is 4.09. The smallest absolute Gasteiger partial charge is 0.298 e. The van der Waals surface area contributed by atoms with E-state index in [9.17, 15) is 18.0 Å². The summed E-state index contributed by atoms with van der Waals surface area (Å²) in [5.41, 5.74) is 5.17. The maximum absolute atomic E-state index is 14.7. The lowest BCUT2D eigenvalue weighted by Gasteiger charge is -2.39. The molecule has 0 spiro atoms. The number of carbonyl (C=O) groups is 2. The third-order valence-corrected chi connectivity index (χ3v) is 11.8. The molecule has 3 aromatic rings. The first kappa shape index (κ1) is 29.0. The van der Waals surface area contributed by atoms with E-state index < -0.39 is 21.5 Å². The minimum absolute atomic E-state index is 0.0692. The Balaban J connectivity index is 1.31. The van der Waals surface area contributed by atoms with E-state index in [0.29, 0.717) is 18.5 Å². The topological polar surface area (TPSA) is 127 Å². The van der Waals surface area contributed by atoms with Crippen LogP contribution in [0.25, 0.3) is 22.2 Å². The van der Waals surface area contributed by atoms with Crippen molar-refractivity contribution in [3.05, 3.63) is 53.1 Å². The standard InChI is InChI=1S/C34H41N5O5S/c1-44-24-10-12-25-27(17-24)28-18-34(28,33(41)38-15-14-37-13-5-8-23(37)19-38)20-39-29-16-22(32(40)36-45(35,42)43)9-11-26(29)30(31(25)39)21-6-3-2-4-7-21/h9-12,16-17,21,23,28H,2-8,13-15,18-20H2,1H3,(H,36,40)(H2,35,42,43). The van der Waals surface area contributed by atoms with Crippen molar-refractivity contribution in [3.8, 4) is 17.0 Å². The number of aromatic nitrogens is 1. The van der Waals surface area contributed by atoms with Gasteiger partial charge >= 0.3 is 0 Å². The summed E-state index contributed by atoms with van der Waals surface area (Å²) >= 11 is 0. The van der Waals surface area contributed by atoms with Crippen molar-refractivity contribution in [2.24, 2.45) is 10.6 Å². The van der Waals surface area contributed by atoms with E-state index in [1.54, 1.807) is 19.2 Å². The van der Waals surface area contributed by atoms with E-state index in [1.165, 1.54) is 31.2 Å². The van der Waals surface area contributed by atoms with Crippen molar-refractivity contribution < 1.29 is 22.7 Å². The number of nitrogens with two attached hydrogens (primary N) is 1. The highest BCUT2D eigenvalue weighted by Gasteiger charge is 2.64. The van der Waals surface area contributed by atoms with Crippen LogP contribution in [0.5, 0.6) is 5.75 Å². The van der Waals surface area contributed by atoms with Crippen LogP contribution >= 0.6 is 0 Å². The van der Waals surface area contributed by atoms with Gasteiger partial charge in [0.05, 0.1) is 18.2 Å². The van der Waals surface area contributed by atoms with Gasteiger partial charge in [0.15, 0.2) is 0 Å². The molecule has 11 heteroatoms. The number of rotatable bonds is 5. The van der Waals surface area contributed by atoms with E-state index in [-0.39, 0.29) is 17.4 Å². The SMILES string of the molecule is COc1ccc2c(c1)C1CC1(C(=O)N1CCN3CCCC3C1)Cn1c-2c(C2CCCCC2)c2ccc(C(=O)NS(N)(=O)=O)cc21. The molecule has 2 aliphatic carbocycles. The summed E-state index contributed by atoms with van der Waals surface area (Å²) in [6.45, 7) is 4.09. The molecule has 5 aliphatic rings. The highest BCUT2D eigenvalue weighted by molar-refractivity contribution is 7.87. The van der Waals surface area contributed by atoms with E-state index in [2.05, 4.69) is 26.5 Å². The molecule has 3 aliphatic heterocycles. The van der Waals surface area contributed by atoms with Gasteiger partial charge in [-0.25, -0.2) is 9.86 Å². The second-order valence-corrected chi connectivity index (χ2v) is 15.1. The minimum atomic E-state index is -4.22. The predicted molar refractivity (Wildman–Crippen MR) is 171 cm³/mol. The number of amides is 2. The maximum atomic E-state index is 14.7. The summed E-state index contributed by atoms with van der Waals surface area (Å²) in [4.78, 5) is 32.4. The van der Waals surface area contributed by atoms with E-state index in [1.807, 2.05) is 16.9 Å². The lowest BCUT2D eigenvalue weighted by Crippen LogP contribution is -2.54. The molecule has 0 radical (unpaired) electrons. The molecule has 3 atom stereocenters. The van der Waals surface area contributed by atoms with E-state index in [0.717, 1.165) is 85.3 Å². The molecule has 8 rings (SSSR count). The van der Waals surface area contributed by atoms with Crippen LogP contribution in [0.2, 0.25) is 0 Å². The van der Waals surface area contributed by atoms with Crippen molar-refractivity contribution in [2.75, 3.05) is 33.3 Å². The summed E-state index contributed by atoms with van der Waals surface area (Å²) < 4.78 is 33.4. The molecule has 0 bridgehead atoms. The largest absolute Gasteiger partial charge is 0.497 e. The van der Waals surface area contributed by atoms with E-state index >= 15 is 0 Å². The highest BCUT2D eigenvalue weighted by Crippen LogP contribution is 2.66. The number of piperazine rings is 1. The van der Waals surface area contributed by atoms with Crippen molar-refractivity contribution in [2.45, 2.75) is 75.8 Å². The Hall–Kier alpha value is -3.41. The fourth-order valence-corrected chi connectivity index (χ4v) is 9.48. The molecule has 2 aromatic carbocycles. The van der Waals surface area contributed by atoms with Crippen LogP contribution in [-0.2, 0) is 21.5 Å². The fraction of sp³-hybridized carbons (Fsp3) is 0.529. The molecule has 4 fully saturated rings. The molecule has 4 heterocycles. The van der Waals surface area contributed by atoms with Gasteiger partial charge in [-0.15, -0.1) is 0 Å². The van der Waals surface area contributed by atoms with Gasteiger partial charge in [-0.1, -0.05) is 25.3 Å². The second kappa shape index (κ2) is 10.6. The number of carbonyl (C=O) groups excluding carboxylic acids is 2. The van der Waals surface area contributed by atoms with E-state index in [4.69, 9.17) is 9.88 Å². The van der Waals surface area contributed by atoms with Gasteiger partial charge in [0.1, 0.15) is 5.75 Å². The fourth-order valence-electron chi connectivity index (χ4n) is 9.10. The summed E-state index contributed by atoms with van der Waals surface area (Å²) in [6.07, 6.45) is 8.83. The van der Waals surface area contributed by atoms with Gasteiger partial charge in [-0.05, 0) is 86.0 Å². The average molecular weight is 632 g/mol. The van der Waals surface area contributed by atoms with Gasteiger partial charge in [0, 0.05) is 60.2 Å². The first-order valence-electron chi connectivity index (χ1n) is 16.4. The van der Waals surface area contributed by atoms with Crippen LogP contribution in [0.1, 0.15) is 84.7 Å². The normalized spacial score (nSPS) is 26.4. The monoisotopic (exact) mass is 631 g/mol. The molecule has 3 unspecified atom stereocenters. The number of nitrogens with zero attached hydrogens (tertiary/aromatic N) is 3. The van der Waals surface area contributed by atoms with Gasteiger partial charge in [0.2, 0.25) is 5.91 Å². The number of benzene rings is 2. The molecule has 3 N–H and O–H groups in total. The van der Waals surface area contributed by atoms with Crippen LogP contribution in [0.3, 0.4) is 0 Å². The maximum Gasteiger partial charge on any atom is 0.298 e. The van der Waals surface area contributed by atoms with Crippen LogP contribution in [-0.4, -0.2) is 73.9 Å². The quantitative estimate of drug-likeness (QED) is 0.437. The van der Waals surface area contributed by atoms with Crippen molar-refractivity contribution in [1.29, 1.82) is 0 Å². The molecule has 45 heavy (non-hydrogen) atoms.